The monoisotopic (exact) mass is 239 g/mol. The average Bonchev–Trinajstić information content (AvgIpc) is 2.61. The Balaban J connectivity index is 2.50. The second-order valence-corrected chi connectivity index (χ2v) is 4.88. The molecule has 4 N–H and O–H groups in total. The van der Waals surface area contributed by atoms with Gasteiger partial charge < -0.3 is 10.7 Å². The molecule has 0 unspecified atom stereocenters. The lowest BCUT2D eigenvalue weighted by molar-refractivity contribution is 0.253. The highest BCUT2D eigenvalue weighted by Crippen LogP contribution is 2.17. The molecule has 0 bridgehead atoms. The number of aromatic nitrogens is 1. The summed E-state index contributed by atoms with van der Waals surface area (Å²) in [5, 5.41) is 0.887. The minimum Gasteiger partial charge on any atom is -0.361 e. The van der Waals surface area contributed by atoms with Crippen molar-refractivity contribution in [3.63, 3.8) is 0 Å². The number of fused-ring (bicyclic) bond motifs is 1. The van der Waals surface area contributed by atoms with Crippen molar-refractivity contribution in [2.24, 2.45) is 5.73 Å². The lowest BCUT2D eigenvalue weighted by Crippen LogP contribution is -2.34. The molecule has 2 aromatic rings. The van der Waals surface area contributed by atoms with Crippen LogP contribution in [-0.4, -0.2) is 19.4 Å². The van der Waals surface area contributed by atoms with Crippen molar-refractivity contribution >= 4 is 27.0 Å². The number of amides is 2. The molecule has 16 heavy (non-hydrogen) atoms. The Hall–Kier alpha value is -2.02. The van der Waals surface area contributed by atoms with E-state index in [1.807, 2.05) is 6.07 Å². The van der Waals surface area contributed by atoms with Gasteiger partial charge in [0.05, 0.1) is 4.90 Å². The standard InChI is InChI=1S/C9H9N3O3S/c10-9(13)12-16(14,15)7-2-1-6-3-4-11-8(6)5-7/h1-5,11H,(H3,10,12,13). The first-order chi connectivity index (χ1) is 7.49. The Bertz CT molecular complexity index is 645. The predicted octanol–water partition coefficient (Wildman–Crippen LogP) is 0.525. The second kappa shape index (κ2) is 3.53. The van der Waals surface area contributed by atoms with Crippen LogP contribution in [0.3, 0.4) is 0 Å². The Morgan fingerprint density at radius 1 is 1.31 bits per heavy atom. The summed E-state index contributed by atoms with van der Waals surface area (Å²) in [4.78, 5) is 13.4. The van der Waals surface area contributed by atoms with Crippen molar-refractivity contribution in [2.45, 2.75) is 4.90 Å². The molecule has 0 spiro atoms. The molecule has 6 nitrogen and oxygen atoms in total. The number of carbonyl (C=O) groups is 1. The maximum atomic E-state index is 11.6. The highest BCUT2D eigenvalue weighted by atomic mass is 32.2. The van der Waals surface area contributed by atoms with Gasteiger partial charge in [-0.25, -0.2) is 17.9 Å². The molecule has 1 aromatic heterocycles. The normalized spacial score (nSPS) is 11.5. The van der Waals surface area contributed by atoms with E-state index in [0.717, 1.165) is 5.39 Å². The lowest BCUT2D eigenvalue weighted by atomic mass is 10.2. The number of hydrogen-bond acceptors (Lipinski definition) is 3. The molecule has 2 amide bonds. The van der Waals surface area contributed by atoms with Crippen LogP contribution in [0.1, 0.15) is 0 Å². The van der Waals surface area contributed by atoms with Gasteiger partial charge in [-0.1, -0.05) is 6.07 Å². The molecule has 0 saturated carbocycles. The molecular formula is C9H9N3O3S. The number of nitrogens with two attached hydrogens (primary N) is 1. The van der Waals surface area contributed by atoms with Gasteiger partial charge >= 0.3 is 6.03 Å². The SMILES string of the molecule is NC(=O)NS(=O)(=O)c1ccc2cc[nH]c2c1. The third-order valence-corrected chi connectivity index (χ3v) is 3.42. The summed E-state index contributed by atoms with van der Waals surface area (Å²) >= 11 is 0. The van der Waals surface area contributed by atoms with E-state index in [4.69, 9.17) is 5.73 Å². The smallest absolute Gasteiger partial charge is 0.326 e. The number of H-pyrrole nitrogens is 1. The first-order valence-corrected chi connectivity index (χ1v) is 5.87. The predicted molar refractivity (Wildman–Crippen MR) is 58.2 cm³/mol. The van der Waals surface area contributed by atoms with E-state index in [0.29, 0.717) is 5.52 Å². The van der Waals surface area contributed by atoms with Crippen LogP contribution in [0.15, 0.2) is 35.4 Å². The third kappa shape index (κ3) is 1.84. The molecule has 0 aliphatic heterocycles. The number of benzene rings is 1. The van der Waals surface area contributed by atoms with E-state index in [-0.39, 0.29) is 4.90 Å². The Morgan fingerprint density at radius 3 is 2.75 bits per heavy atom. The van der Waals surface area contributed by atoms with Crippen molar-refractivity contribution in [3.05, 3.63) is 30.5 Å². The highest BCUT2D eigenvalue weighted by Gasteiger charge is 2.16. The highest BCUT2D eigenvalue weighted by molar-refractivity contribution is 7.90. The molecular weight excluding hydrogens is 230 g/mol. The third-order valence-electron chi connectivity index (χ3n) is 2.07. The van der Waals surface area contributed by atoms with Crippen molar-refractivity contribution < 1.29 is 13.2 Å². The van der Waals surface area contributed by atoms with Crippen LogP contribution < -0.4 is 10.5 Å². The zero-order valence-electron chi connectivity index (χ0n) is 8.10. The molecule has 2 rings (SSSR count). The molecule has 0 atom stereocenters. The summed E-state index contributed by atoms with van der Waals surface area (Å²) in [7, 11) is -3.87. The van der Waals surface area contributed by atoms with Gasteiger partial charge in [0, 0.05) is 11.7 Å². The quantitative estimate of drug-likeness (QED) is 0.711. The summed E-state index contributed by atoms with van der Waals surface area (Å²) in [6.07, 6.45) is 1.70. The topological polar surface area (TPSA) is 105 Å². The molecule has 0 fully saturated rings. The van der Waals surface area contributed by atoms with Crippen LogP contribution in [0, 0.1) is 0 Å². The molecule has 0 saturated heterocycles. The summed E-state index contributed by atoms with van der Waals surface area (Å²) in [5.41, 5.74) is 5.45. The number of carbonyl (C=O) groups excluding carboxylic acids is 1. The van der Waals surface area contributed by atoms with Gasteiger partial charge in [-0.15, -0.1) is 0 Å². The fraction of sp³-hybridized carbons (Fsp3) is 0. The lowest BCUT2D eigenvalue weighted by Gasteiger charge is -2.03. The molecule has 1 heterocycles. The number of primary amides is 1. The molecule has 0 aliphatic rings. The average molecular weight is 239 g/mol. The van der Waals surface area contributed by atoms with E-state index < -0.39 is 16.1 Å². The zero-order valence-corrected chi connectivity index (χ0v) is 8.91. The van der Waals surface area contributed by atoms with Crippen molar-refractivity contribution in [1.29, 1.82) is 0 Å². The van der Waals surface area contributed by atoms with E-state index in [1.54, 1.807) is 17.0 Å². The number of rotatable bonds is 2. The van der Waals surface area contributed by atoms with E-state index in [1.165, 1.54) is 12.1 Å². The molecule has 1 aromatic carbocycles. The largest absolute Gasteiger partial charge is 0.361 e. The number of sulfonamides is 1. The second-order valence-electron chi connectivity index (χ2n) is 3.20. The van der Waals surface area contributed by atoms with Crippen LogP contribution in [0.5, 0.6) is 0 Å². The number of hydrogen-bond donors (Lipinski definition) is 3. The van der Waals surface area contributed by atoms with E-state index in [9.17, 15) is 13.2 Å². The summed E-state index contributed by atoms with van der Waals surface area (Å²) in [5.74, 6) is 0. The number of aromatic amines is 1. The Kier molecular flexibility index (Phi) is 2.31. The molecule has 7 heteroatoms. The number of nitrogens with one attached hydrogen (secondary N) is 2. The van der Waals surface area contributed by atoms with Crippen LogP contribution in [0.25, 0.3) is 10.9 Å². The van der Waals surface area contributed by atoms with Gasteiger partial charge in [0.15, 0.2) is 0 Å². The van der Waals surface area contributed by atoms with Gasteiger partial charge in [0.25, 0.3) is 10.0 Å². The first kappa shape index (κ1) is 10.5. The molecule has 0 aliphatic carbocycles. The number of urea groups is 1. The van der Waals surface area contributed by atoms with Gasteiger partial charge in [-0.05, 0) is 23.6 Å². The van der Waals surface area contributed by atoms with Crippen LogP contribution in [0.4, 0.5) is 4.79 Å². The van der Waals surface area contributed by atoms with Crippen LogP contribution >= 0.6 is 0 Å². The van der Waals surface area contributed by atoms with Crippen molar-refractivity contribution in [3.8, 4) is 0 Å². The van der Waals surface area contributed by atoms with Gasteiger partial charge in [0.1, 0.15) is 0 Å². The minimum absolute atomic E-state index is 0.0127. The summed E-state index contributed by atoms with van der Waals surface area (Å²) < 4.78 is 24.9. The summed E-state index contributed by atoms with van der Waals surface area (Å²) in [6, 6.07) is 5.18. The maximum Gasteiger partial charge on any atom is 0.326 e. The minimum atomic E-state index is -3.87. The first-order valence-electron chi connectivity index (χ1n) is 4.38. The van der Waals surface area contributed by atoms with Gasteiger partial charge in [-0.3, -0.25) is 0 Å². The van der Waals surface area contributed by atoms with Gasteiger partial charge in [0.2, 0.25) is 0 Å². The Morgan fingerprint density at radius 2 is 2.06 bits per heavy atom. The fourth-order valence-electron chi connectivity index (χ4n) is 1.39. The van der Waals surface area contributed by atoms with E-state index >= 15 is 0 Å². The van der Waals surface area contributed by atoms with E-state index in [2.05, 4.69) is 4.98 Å². The van der Waals surface area contributed by atoms with Crippen molar-refractivity contribution in [1.82, 2.24) is 9.71 Å². The summed E-state index contributed by atoms with van der Waals surface area (Å²) in [6.45, 7) is 0. The zero-order chi connectivity index (χ0) is 11.8. The Labute approximate surface area is 91.5 Å². The molecule has 84 valence electrons. The van der Waals surface area contributed by atoms with Crippen LogP contribution in [0.2, 0.25) is 0 Å². The van der Waals surface area contributed by atoms with Gasteiger partial charge in [-0.2, -0.15) is 0 Å². The van der Waals surface area contributed by atoms with Crippen LogP contribution in [-0.2, 0) is 10.0 Å². The van der Waals surface area contributed by atoms with Crippen molar-refractivity contribution in [2.75, 3.05) is 0 Å². The molecule has 0 radical (unpaired) electrons. The maximum absolute atomic E-state index is 11.6. The fourth-order valence-corrected chi connectivity index (χ4v) is 2.29.